The Balaban J connectivity index is 1.49. The van der Waals surface area contributed by atoms with Crippen LogP contribution in [-0.2, 0) is 29.7 Å². The third kappa shape index (κ3) is 7.45. The zero-order valence-electron chi connectivity index (χ0n) is 19.6. The summed E-state index contributed by atoms with van der Waals surface area (Å²) in [6, 6.07) is 22.3. The van der Waals surface area contributed by atoms with Gasteiger partial charge in [0.15, 0.2) is 0 Å². The van der Waals surface area contributed by atoms with E-state index in [1.54, 1.807) is 36.7 Å². The molecule has 4 rings (SSSR count). The number of pyridine rings is 1. The first-order valence-electron chi connectivity index (χ1n) is 11.3. The second kappa shape index (κ2) is 12.1. The number of carbonyl (C=O) groups excluding carboxylic acids is 1. The lowest BCUT2D eigenvalue weighted by Gasteiger charge is -2.23. The molecule has 1 heterocycles. The third-order valence-electron chi connectivity index (χ3n) is 5.47. The van der Waals surface area contributed by atoms with Crippen molar-refractivity contribution in [2.24, 2.45) is 0 Å². The van der Waals surface area contributed by atoms with Crippen LogP contribution in [0.4, 0.5) is 14.9 Å². The van der Waals surface area contributed by atoms with Crippen LogP contribution in [0.1, 0.15) is 16.7 Å². The van der Waals surface area contributed by atoms with Gasteiger partial charge < -0.3 is 10.6 Å². The molecule has 0 aliphatic carbocycles. The maximum atomic E-state index is 13.6. The van der Waals surface area contributed by atoms with Gasteiger partial charge in [-0.15, -0.1) is 0 Å². The first-order valence-corrected chi connectivity index (χ1v) is 13.6. The van der Waals surface area contributed by atoms with E-state index in [-0.39, 0.29) is 18.0 Å². The second-order valence-electron chi connectivity index (χ2n) is 8.22. The first-order chi connectivity index (χ1) is 17.8. The largest absolute Gasteiger partial charge is 0.334 e. The molecule has 0 saturated heterocycles. The first kappa shape index (κ1) is 26.5. The van der Waals surface area contributed by atoms with Gasteiger partial charge >= 0.3 is 6.03 Å². The van der Waals surface area contributed by atoms with Gasteiger partial charge in [0, 0.05) is 42.2 Å². The molecule has 7 nitrogen and oxygen atoms in total. The molecule has 37 heavy (non-hydrogen) atoms. The molecule has 3 aromatic carbocycles. The SMILES string of the molecule is O=C(NCc1ccncc1)Nc1ccc(S(=O)(=O)N(Cc2ccc(F)cc2)Cc2cccc(Br)c2)cc1. The van der Waals surface area contributed by atoms with Crippen molar-refractivity contribution in [3.63, 3.8) is 0 Å². The van der Waals surface area contributed by atoms with Crippen LogP contribution in [0.2, 0.25) is 0 Å². The normalized spacial score (nSPS) is 11.3. The number of amides is 2. The van der Waals surface area contributed by atoms with E-state index in [0.717, 1.165) is 15.6 Å². The third-order valence-corrected chi connectivity index (χ3v) is 7.77. The summed E-state index contributed by atoms with van der Waals surface area (Å²) in [7, 11) is -3.92. The Kier molecular flexibility index (Phi) is 8.65. The predicted octanol–water partition coefficient (Wildman–Crippen LogP) is 5.70. The molecule has 0 saturated carbocycles. The van der Waals surface area contributed by atoms with Crippen molar-refractivity contribution in [3.8, 4) is 0 Å². The minimum absolute atomic E-state index is 0.0620. The maximum absolute atomic E-state index is 13.6. The molecule has 0 aliphatic rings. The number of halogens is 2. The van der Waals surface area contributed by atoms with E-state index in [1.165, 1.54) is 40.7 Å². The van der Waals surface area contributed by atoms with Gasteiger partial charge in [-0.2, -0.15) is 4.31 Å². The summed E-state index contributed by atoms with van der Waals surface area (Å²) >= 11 is 3.42. The fourth-order valence-electron chi connectivity index (χ4n) is 3.58. The van der Waals surface area contributed by atoms with Gasteiger partial charge in [0.05, 0.1) is 4.90 Å². The Morgan fingerprint density at radius 1 is 0.865 bits per heavy atom. The van der Waals surface area contributed by atoms with Crippen molar-refractivity contribution in [1.29, 1.82) is 0 Å². The van der Waals surface area contributed by atoms with E-state index in [0.29, 0.717) is 17.8 Å². The summed E-state index contributed by atoms with van der Waals surface area (Å²) in [4.78, 5) is 16.3. The highest BCUT2D eigenvalue weighted by Crippen LogP contribution is 2.24. The van der Waals surface area contributed by atoms with Gasteiger partial charge in [0.2, 0.25) is 10.0 Å². The van der Waals surface area contributed by atoms with Crippen LogP contribution in [-0.4, -0.2) is 23.7 Å². The fourth-order valence-corrected chi connectivity index (χ4v) is 5.44. The second-order valence-corrected chi connectivity index (χ2v) is 11.1. The molecule has 0 aliphatic heterocycles. The number of benzene rings is 3. The zero-order chi connectivity index (χ0) is 26.3. The minimum atomic E-state index is -3.92. The number of anilines is 1. The number of sulfonamides is 1. The number of carbonyl (C=O) groups is 1. The number of aromatic nitrogens is 1. The molecule has 10 heteroatoms. The summed E-state index contributed by atoms with van der Waals surface area (Å²) in [5.74, 6) is -0.391. The van der Waals surface area contributed by atoms with Crippen LogP contribution in [0.25, 0.3) is 0 Å². The van der Waals surface area contributed by atoms with Crippen molar-refractivity contribution >= 4 is 37.7 Å². The lowest BCUT2D eigenvalue weighted by molar-refractivity contribution is 0.251. The molecule has 0 bridgehead atoms. The van der Waals surface area contributed by atoms with Crippen molar-refractivity contribution in [2.45, 2.75) is 24.5 Å². The predicted molar refractivity (Wildman–Crippen MR) is 144 cm³/mol. The van der Waals surface area contributed by atoms with E-state index in [1.807, 2.05) is 24.3 Å². The summed E-state index contributed by atoms with van der Waals surface area (Å²) in [6.07, 6.45) is 3.29. The molecule has 0 radical (unpaired) electrons. The Hall–Kier alpha value is -3.60. The van der Waals surface area contributed by atoms with Crippen LogP contribution in [0.3, 0.4) is 0 Å². The van der Waals surface area contributed by atoms with E-state index >= 15 is 0 Å². The molecule has 0 atom stereocenters. The Labute approximate surface area is 223 Å². The number of urea groups is 1. The molecule has 1 aromatic heterocycles. The van der Waals surface area contributed by atoms with Crippen LogP contribution in [0.15, 0.2) is 107 Å². The quantitative estimate of drug-likeness (QED) is 0.265. The number of hydrogen-bond donors (Lipinski definition) is 2. The van der Waals surface area contributed by atoms with Crippen LogP contribution in [0.5, 0.6) is 0 Å². The molecular formula is C27H24BrFN4O3S. The van der Waals surface area contributed by atoms with Crippen molar-refractivity contribution < 1.29 is 17.6 Å². The average molecular weight is 583 g/mol. The highest BCUT2D eigenvalue weighted by Gasteiger charge is 2.25. The van der Waals surface area contributed by atoms with Crippen LogP contribution < -0.4 is 10.6 Å². The summed E-state index contributed by atoms with van der Waals surface area (Å²) in [5, 5.41) is 5.44. The molecular weight excluding hydrogens is 559 g/mol. The van der Waals surface area contributed by atoms with Crippen LogP contribution >= 0.6 is 15.9 Å². The van der Waals surface area contributed by atoms with Gasteiger partial charge in [-0.1, -0.05) is 40.2 Å². The van der Waals surface area contributed by atoms with Gasteiger partial charge in [-0.05, 0) is 77.4 Å². The molecule has 0 fully saturated rings. The zero-order valence-corrected chi connectivity index (χ0v) is 22.0. The highest BCUT2D eigenvalue weighted by atomic mass is 79.9. The Bertz CT molecular complexity index is 1450. The lowest BCUT2D eigenvalue weighted by Crippen LogP contribution is -2.30. The number of rotatable bonds is 9. The molecule has 4 aromatic rings. The van der Waals surface area contributed by atoms with Crippen molar-refractivity contribution in [1.82, 2.24) is 14.6 Å². The standard InChI is InChI=1S/C27H24BrFN4O3S/c28-23-3-1-2-22(16-23)19-33(18-21-4-6-24(29)7-5-21)37(35,36)26-10-8-25(9-11-26)32-27(34)31-17-20-12-14-30-15-13-20/h1-16H,17-19H2,(H2,31,32,34). The monoisotopic (exact) mass is 582 g/mol. The topological polar surface area (TPSA) is 91.4 Å². The summed E-state index contributed by atoms with van der Waals surface area (Å²) in [6.45, 7) is 0.512. The Morgan fingerprint density at radius 2 is 1.54 bits per heavy atom. The molecule has 0 unspecified atom stereocenters. The summed E-state index contributed by atoms with van der Waals surface area (Å²) in [5.41, 5.74) is 2.80. The Morgan fingerprint density at radius 3 is 2.22 bits per heavy atom. The fraction of sp³-hybridized carbons (Fsp3) is 0.111. The molecule has 2 amide bonds. The average Bonchev–Trinajstić information content (AvgIpc) is 2.89. The van der Waals surface area contributed by atoms with Gasteiger partial charge in [0.1, 0.15) is 5.82 Å². The number of nitrogens with one attached hydrogen (secondary N) is 2. The number of nitrogens with zero attached hydrogens (tertiary/aromatic N) is 2. The van der Waals surface area contributed by atoms with E-state index in [2.05, 4.69) is 31.5 Å². The molecule has 190 valence electrons. The molecule has 2 N–H and O–H groups in total. The van der Waals surface area contributed by atoms with Crippen molar-refractivity contribution in [2.75, 3.05) is 5.32 Å². The molecule has 0 spiro atoms. The summed E-state index contributed by atoms with van der Waals surface area (Å²) < 4.78 is 42.8. The van der Waals surface area contributed by atoms with E-state index < -0.39 is 21.9 Å². The van der Waals surface area contributed by atoms with Crippen molar-refractivity contribution in [3.05, 3.63) is 124 Å². The lowest BCUT2D eigenvalue weighted by atomic mass is 10.2. The smallest absolute Gasteiger partial charge is 0.319 e. The van der Waals surface area contributed by atoms with E-state index in [9.17, 15) is 17.6 Å². The van der Waals surface area contributed by atoms with Gasteiger partial charge in [0.25, 0.3) is 0 Å². The highest BCUT2D eigenvalue weighted by molar-refractivity contribution is 9.10. The van der Waals surface area contributed by atoms with Crippen LogP contribution in [0, 0.1) is 5.82 Å². The maximum Gasteiger partial charge on any atom is 0.319 e. The minimum Gasteiger partial charge on any atom is -0.334 e. The number of hydrogen-bond acceptors (Lipinski definition) is 4. The van der Waals surface area contributed by atoms with Gasteiger partial charge in [-0.3, -0.25) is 4.98 Å². The van der Waals surface area contributed by atoms with E-state index in [4.69, 9.17) is 0 Å². The van der Waals surface area contributed by atoms with Gasteiger partial charge in [-0.25, -0.2) is 17.6 Å².